The van der Waals surface area contributed by atoms with Crippen LogP contribution in [0.1, 0.15) is 25.5 Å². The van der Waals surface area contributed by atoms with Crippen molar-refractivity contribution in [2.24, 2.45) is 0 Å². The molecule has 0 spiro atoms. The highest BCUT2D eigenvalue weighted by Gasteiger charge is 2.07. The first kappa shape index (κ1) is 14.7. The molecule has 0 unspecified atom stereocenters. The predicted octanol–water partition coefficient (Wildman–Crippen LogP) is 4.80. The number of hydrogen-bond acceptors (Lipinski definition) is 4. The van der Waals surface area contributed by atoms with Crippen molar-refractivity contribution in [2.45, 2.75) is 26.2 Å². The second kappa shape index (κ2) is 6.71. The number of aromatic nitrogens is 2. The van der Waals surface area contributed by atoms with Crippen molar-refractivity contribution >= 4 is 17.0 Å². The number of rotatable bonds is 5. The molecule has 1 aromatic carbocycles. The van der Waals surface area contributed by atoms with E-state index < -0.39 is 0 Å². The fourth-order valence-electron chi connectivity index (χ4n) is 2.30. The Balaban J connectivity index is 1.85. The number of nitrogens with zero attached hydrogens (tertiary/aromatic N) is 2. The van der Waals surface area contributed by atoms with Gasteiger partial charge in [0.2, 0.25) is 0 Å². The fourth-order valence-corrected chi connectivity index (χ4v) is 3.12. The summed E-state index contributed by atoms with van der Waals surface area (Å²) in [5, 5.41) is 3.12. The lowest BCUT2D eigenvalue weighted by Crippen LogP contribution is -1.90. The molecule has 3 nitrogen and oxygen atoms in total. The number of pyridine rings is 1. The first-order valence-electron chi connectivity index (χ1n) is 7.53. The van der Waals surface area contributed by atoms with Gasteiger partial charge < -0.3 is 5.73 Å². The molecule has 2 heterocycles. The molecule has 3 aromatic rings. The minimum Gasteiger partial charge on any atom is -0.399 e. The number of nitrogen functional groups attached to an aromatic ring is 1. The number of unbranched alkanes of at least 4 members (excludes halogenated alkanes) is 1. The Labute approximate surface area is 134 Å². The molecule has 0 aliphatic carbocycles. The highest BCUT2D eigenvalue weighted by molar-refractivity contribution is 7.13. The van der Waals surface area contributed by atoms with E-state index in [2.05, 4.69) is 23.4 Å². The largest absolute Gasteiger partial charge is 0.399 e. The highest BCUT2D eigenvalue weighted by atomic mass is 32.1. The Morgan fingerprint density at radius 3 is 2.68 bits per heavy atom. The van der Waals surface area contributed by atoms with Gasteiger partial charge in [-0.25, -0.2) is 4.98 Å². The van der Waals surface area contributed by atoms with E-state index in [0.29, 0.717) is 0 Å². The van der Waals surface area contributed by atoms with Crippen molar-refractivity contribution in [2.75, 3.05) is 5.73 Å². The smallest absolute Gasteiger partial charge is 0.124 e. The summed E-state index contributed by atoms with van der Waals surface area (Å²) >= 11 is 1.66. The van der Waals surface area contributed by atoms with E-state index >= 15 is 0 Å². The van der Waals surface area contributed by atoms with E-state index in [1.165, 1.54) is 12.8 Å². The lowest BCUT2D eigenvalue weighted by Gasteiger charge is -2.01. The summed E-state index contributed by atoms with van der Waals surface area (Å²) in [6.07, 6.45) is 5.26. The molecule has 2 aromatic heterocycles. The summed E-state index contributed by atoms with van der Waals surface area (Å²) in [6, 6.07) is 12.0. The van der Waals surface area contributed by atoms with Crippen molar-refractivity contribution in [3.05, 3.63) is 53.7 Å². The molecule has 22 heavy (non-hydrogen) atoms. The van der Waals surface area contributed by atoms with Gasteiger partial charge in [-0.3, -0.25) is 4.98 Å². The molecule has 0 saturated carbocycles. The van der Waals surface area contributed by atoms with Crippen LogP contribution < -0.4 is 5.73 Å². The molecule has 0 saturated heterocycles. The quantitative estimate of drug-likeness (QED) is 0.689. The molecule has 0 radical (unpaired) electrons. The van der Waals surface area contributed by atoms with Crippen molar-refractivity contribution in [1.82, 2.24) is 9.97 Å². The average Bonchev–Trinajstić information content (AvgIpc) is 3.04. The van der Waals surface area contributed by atoms with E-state index in [0.717, 1.165) is 39.6 Å². The number of benzene rings is 1. The maximum Gasteiger partial charge on any atom is 0.124 e. The first-order chi connectivity index (χ1) is 10.8. The summed E-state index contributed by atoms with van der Waals surface area (Å²) in [7, 11) is 0. The lowest BCUT2D eigenvalue weighted by molar-refractivity contribution is 0.777. The monoisotopic (exact) mass is 309 g/mol. The van der Waals surface area contributed by atoms with Gasteiger partial charge in [-0.05, 0) is 37.1 Å². The number of anilines is 1. The third-order valence-electron chi connectivity index (χ3n) is 3.56. The summed E-state index contributed by atoms with van der Waals surface area (Å²) in [4.78, 5) is 9.19. The van der Waals surface area contributed by atoms with Crippen LogP contribution in [0.5, 0.6) is 0 Å². The summed E-state index contributed by atoms with van der Waals surface area (Å²) in [6.45, 7) is 2.20. The molecular formula is C18H19N3S. The van der Waals surface area contributed by atoms with Gasteiger partial charge in [0.15, 0.2) is 0 Å². The van der Waals surface area contributed by atoms with Crippen LogP contribution >= 0.6 is 11.3 Å². The molecule has 3 rings (SSSR count). The Morgan fingerprint density at radius 1 is 1.09 bits per heavy atom. The zero-order chi connectivity index (χ0) is 15.4. The summed E-state index contributed by atoms with van der Waals surface area (Å²) in [5.41, 5.74) is 10.9. The van der Waals surface area contributed by atoms with Crippen molar-refractivity contribution < 1.29 is 0 Å². The Morgan fingerprint density at radius 2 is 1.91 bits per heavy atom. The summed E-state index contributed by atoms with van der Waals surface area (Å²) < 4.78 is 0. The van der Waals surface area contributed by atoms with Crippen LogP contribution in [0.4, 0.5) is 5.69 Å². The number of hydrogen-bond donors (Lipinski definition) is 1. The molecule has 0 amide bonds. The topological polar surface area (TPSA) is 51.8 Å². The third kappa shape index (κ3) is 3.34. The van der Waals surface area contributed by atoms with Crippen LogP contribution in [0.2, 0.25) is 0 Å². The molecule has 0 atom stereocenters. The molecule has 0 aliphatic heterocycles. The van der Waals surface area contributed by atoms with Gasteiger partial charge in [-0.2, -0.15) is 0 Å². The Hall–Kier alpha value is -2.20. The first-order valence-corrected chi connectivity index (χ1v) is 8.41. The normalized spacial score (nSPS) is 10.8. The minimum absolute atomic E-state index is 0.772. The molecule has 0 aliphatic rings. The van der Waals surface area contributed by atoms with Crippen LogP contribution in [0.25, 0.3) is 21.8 Å². The van der Waals surface area contributed by atoms with Gasteiger partial charge in [-0.15, -0.1) is 11.3 Å². The van der Waals surface area contributed by atoms with Crippen LogP contribution in [0.15, 0.2) is 48.0 Å². The fraction of sp³-hybridized carbons (Fsp3) is 0.222. The second-order valence-corrected chi connectivity index (χ2v) is 6.16. The van der Waals surface area contributed by atoms with Gasteiger partial charge >= 0.3 is 0 Å². The van der Waals surface area contributed by atoms with Crippen LogP contribution in [0, 0.1) is 0 Å². The molecule has 0 bridgehead atoms. The van der Waals surface area contributed by atoms with E-state index in [1.54, 1.807) is 11.3 Å². The van der Waals surface area contributed by atoms with Gasteiger partial charge in [-0.1, -0.05) is 25.5 Å². The molecule has 0 fully saturated rings. The van der Waals surface area contributed by atoms with Crippen LogP contribution in [0.3, 0.4) is 0 Å². The molecule has 4 heteroatoms. The SMILES string of the molecule is CCCCc1cc(-c2nc(-c3ccc(N)cc3)cs2)ccn1. The standard InChI is InChI=1S/C18H19N3S/c1-2-3-4-16-11-14(9-10-20-16)18-21-17(12-22-18)13-5-7-15(19)8-6-13/h5-12H,2-4,19H2,1H3. The van der Waals surface area contributed by atoms with Crippen molar-refractivity contribution in [3.63, 3.8) is 0 Å². The molecule has 2 N–H and O–H groups in total. The lowest BCUT2D eigenvalue weighted by atomic mass is 10.1. The van der Waals surface area contributed by atoms with Crippen molar-refractivity contribution in [3.8, 4) is 21.8 Å². The average molecular weight is 309 g/mol. The maximum absolute atomic E-state index is 5.73. The maximum atomic E-state index is 5.73. The third-order valence-corrected chi connectivity index (χ3v) is 4.45. The zero-order valence-electron chi connectivity index (χ0n) is 12.6. The Bertz CT molecular complexity index is 747. The van der Waals surface area contributed by atoms with Crippen LogP contribution in [-0.2, 0) is 6.42 Å². The second-order valence-electron chi connectivity index (χ2n) is 5.30. The van der Waals surface area contributed by atoms with Crippen molar-refractivity contribution in [1.29, 1.82) is 0 Å². The van der Waals surface area contributed by atoms with E-state index in [1.807, 2.05) is 36.5 Å². The molecule has 112 valence electrons. The van der Waals surface area contributed by atoms with E-state index in [9.17, 15) is 0 Å². The number of thiazole rings is 1. The van der Waals surface area contributed by atoms with Gasteiger partial charge in [0, 0.05) is 34.1 Å². The van der Waals surface area contributed by atoms with Gasteiger partial charge in [0.1, 0.15) is 5.01 Å². The minimum atomic E-state index is 0.772. The number of nitrogens with two attached hydrogens (primary N) is 1. The number of aryl methyl sites for hydroxylation is 1. The Kier molecular flexibility index (Phi) is 4.49. The van der Waals surface area contributed by atoms with E-state index in [-0.39, 0.29) is 0 Å². The zero-order valence-corrected chi connectivity index (χ0v) is 13.4. The molecular weight excluding hydrogens is 290 g/mol. The van der Waals surface area contributed by atoms with Crippen LogP contribution in [-0.4, -0.2) is 9.97 Å². The predicted molar refractivity (Wildman–Crippen MR) is 93.8 cm³/mol. The highest BCUT2D eigenvalue weighted by Crippen LogP contribution is 2.29. The van der Waals surface area contributed by atoms with E-state index in [4.69, 9.17) is 10.7 Å². The van der Waals surface area contributed by atoms with Gasteiger partial charge in [0.05, 0.1) is 5.69 Å². The van der Waals surface area contributed by atoms with Gasteiger partial charge in [0.25, 0.3) is 0 Å². The summed E-state index contributed by atoms with van der Waals surface area (Å²) in [5.74, 6) is 0.